The predicted molar refractivity (Wildman–Crippen MR) is 85.5 cm³/mol. The van der Waals surface area contributed by atoms with Crippen LogP contribution in [-0.2, 0) is 0 Å². The van der Waals surface area contributed by atoms with Crippen LogP contribution in [-0.4, -0.2) is 35.9 Å². The molecule has 2 aromatic rings. The highest BCUT2D eigenvalue weighted by Crippen LogP contribution is 2.24. The summed E-state index contributed by atoms with van der Waals surface area (Å²) < 4.78 is 13.7. The molecule has 0 aliphatic carbocycles. The van der Waals surface area contributed by atoms with Gasteiger partial charge in [0.15, 0.2) is 0 Å². The van der Waals surface area contributed by atoms with Gasteiger partial charge in [0.2, 0.25) is 0 Å². The number of nitrogens with one attached hydrogen (secondary N) is 1. The van der Waals surface area contributed by atoms with Crippen molar-refractivity contribution < 1.29 is 19.1 Å². The van der Waals surface area contributed by atoms with Gasteiger partial charge < -0.3 is 15.3 Å². The van der Waals surface area contributed by atoms with Gasteiger partial charge in [0.05, 0.1) is 10.6 Å². The second-order valence-corrected chi connectivity index (χ2v) is 5.39. The van der Waals surface area contributed by atoms with Crippen molar-refractivity contribution in [3.63, 3.8) is 0 Å². The molecule has 5 nitrogen and oxygen atoms in total. The number of hydrogen-bond donors (Lipinski definition) is 2. The Balaban J connectivity index is 2.32. The van der Waals surface area contributed by atoms with E-state index < -0.39 is 23.0 Å². The third kappa shape index (κ3) is 3.60. The minimum Gasteiger partial charge on any atom is -0.507 e. The lowest BCUT2D eigenvalue weighted by molar-refractivity contribution is 0.0827. The molecular weight excluding hydrogens is 323 g/mol. The summed E-state index contributed by atoms with van der Waals surface area (Å²) in [5.41, 5.74) is -0.0117. The first-order chi connectivity index (χ1) is 10.8. The number of halogens is 2. The molecule has 2 amide bonds. The minimum absolute atomic E-state index is 0.201. The van der Waals surface area contributed by atoms with Crippen molar-refractivity contribution in [2.75, 3.05) is 19.4 Å². The normalized spacial score (nSPS) is 10.3. The van der Waals surface area contributed by atoms with Crippen LogP contribution in [0.3, 0.4) is 0 Å². The smallest absolute Gasteiger partial charge is 0.262 e. The van der Waals surface area contributed by atoms with E-state index in [1.54, 1.807) is 14.1 Å². The van der Waals surface area contributed by atoms with E-state index in [4.69, 9.17) is 11.6 Å². The Hall–Kier alpha value is -2.60. The number of nitrogens with zero attached hydrogens (tertiary/aromatic N) is 1. The molecule has 0 aliphatic rings. The van der Waals surface area contributed by atoms with Crippen LogP contribution in [0.2, 0.25) is 5.02 Å². The summed E-state index contributed by atoms with van der Waals surface area (Å²) in [6, 6.07) is 7.88. The second kappa shape index (κ2) is 6.66. The Labute approximate surface area is 137 Å². The van der Waals surface area contributed by atoms with Gasteiger partial charge in [-0.1, -0.05) is 17.7 Å². The standard InChI is InChI=1S/C16H14ClFN2O3/c1-20(2)16(23)10-8-9(6-7-11(10)17)19-15(22)14-12(18)4-3-5-13(14)21/h3-8,21H,1-2H3,(H,19,22). The zero-order valence-electron chi connectivity index (χ0n) is 12.4. The molecule has 2 N–H and O–H groups in total. The maximum atomic E-state index is 13.7. The molecule has 2 rings (SSSR count). The van der Waals surface area contributed by atoms with E-state index in [1.807, 2.05) is 0 Å². The van der Waals surface area contributed by atoms with E-state index in [-0.39, 0.29) is 22.2 Å². The molecule has 0 atom stereocenters. The fraction of sp³-hybridized carbons (Fsp3) is 0.125. The van der Waals surface area contributed by atoms with Gasteiger partial charge >= 0.3 is 0 Å². The lowest BCUT2D eigenvalue weighted by Crippen LogP contribution is -2.22. The van der Waals surface area contributed by atoms with Crippen molar-refractivity contribution in [2.45, 2.75) is 0 Å². The van der Waals surface area contributed by atoms with E-state index in [0.717, 1.165) is 6.07 Å². The molecule has 0 spiro atoms. The topological polar surface area (TPSA) is 69.6 Å². The van der Waals surface area contributed by atoms with Crippen molar-refractivity contribution >= 4 is 29.1 Å². The molecule has 2 aromatic carbocycles. The zero-order valence-corrected chi connectivity index (χ0v) is 13.2. The molecule has 120 valence electrons. The van der Waals surface area contributed by atoms with Crippen LogP contribution in [0.5, 0.6) is 5.75 Å². The van der Waals surface area contributed by atoms with Crippen molar-refractivity contribution in [1.29, 1.82) is 0 Å². The van der Waals surface area contributed by atoms with Gasteiger partial charge in [0.25, 0.3) is 11.8 Å². The number of anilines is 1. The first-order valence-corrected chi connectivity index (χ1v) is 6.99. The molecule has 0 bridgehead atoms. The fourth-order valence-electron chi connectivity index (χ4n) is 1.94. The third-order valence-electron chi connectivity index (χ3n) is 3.08. The first-order valence-electron chi connectivity index (χ1n) is 6.61. The first kappa shape index (κ1) is 16.8. The molecule has 0 aliphatic heterocycles. The summed E-state index contributed by atoms with van der Waals surface area (Å²) in [4.78, 5) is 25.5. The highest BCUT2D eigenvalue weighted by molar-refractivity contribution is 6.34. The number of aromatic hydroxyl groups is 1. The van der Waals surface area contributed by atoms with E-state index in [0.29, 0.717) is 0 Å². The van der Waals surface area contributed by atoms with Crippen LogP contribution in [0.4, 0.5) is 10.1 Å². The molecule has 0 heterocycles. The molecular formula is C16H14ClFN2O3. The van der Waals surface area contributed by atoms with Crippen molar-refractivity contribution in [2.24, 2.45) is 0 Å². The molecule has 0 saturated carbocycles. The summed E-state index contributed by atoms with van der Waals surface area (Å²) >= 11 is 5.98. The van der Waals surface area contributed by atoms with Gasteiger partial charge in [-0.15, -0.1) is 0 Å². The predicted octanol–water partition coefficient (Wildman–Crippen LogP) is 3.14. The quantitative estimate of drug-likeness (QED) is 0.904. The highest BCUT2D eigenvalue weighted by Gasteiger charge is 2.18. The third-order valence-corrected chi connectivity index (χ3v) is 3.41. The average Bonchev–Trinajstić information content (AvgIpc) is 2.48. The molecule has 0 saturated heterocycles. The van der Waals surface area contributed by atoms with Gasteiger partial charge in [0, 0.05) is 19.8 Å². The Morgan fingerprint density at radius 2 is 1.91 bits per heavy atom. The number of phenols is 1. The van der Waals surface area contributed by atoms with Crippen molar-refractivity contribution in [3.05, 3.63) is 58.4 Å². The Bertz CT molecular complexity index is 758. The van der Waals surface area contributed by atoms with E-state index in [1.165, 1.54) is 35.2 Å². The fourth-order valence-corrected chi connectivity index (χ4v) is 2.14. The van der Waals surface area contributed by atoms with Gasteiger partial charge in [-0.25, -0.2) is 4.39 Å². The largest absolute Gasteiger partial charge is 0.507 e. The number of amides is 2. The summed E-state index contributed by atoms with van der Waals surface area (Å²) in [7, 11) is 3.14. The maximum Gasteiger partial charge on any atom is 0.262 e. The summed E-state index contributed by atoms with van der Waals surface area (Å²) in [6.45, 7) is 0. The summed E-state index contributed by atoms with van der Waals surface area (Å²) in [6.07, 6.45) is 0. The van der Waals surface area contributed by atoms with Crippen LogP contribution in [0.25, 0.3) is 0 Å². The van der Waals surface area contributed by atoms with Crippen LogP contribution >= 0.6 is 11.6 Å². The lowest BCUT2D eigenvalue weighted by Gasteiger charge is -2.13. The van der Waals surface area contributed by atoms with Crippen LogP contribution < -0.4 is 5.32 Å². The zero-order chi connectivity index (χ0) is 17.1. The van der Waals surface area contributed by atoms with Crippen molar-refractivity contribution in [1.82, 2.24) is 4.90 Å². The van der Waals surface area contributed by atoms with Gasteiger partial charge in [-0.05, 0) is 30.3 Å². The molecule has 0 aromatic heterocycles. The highest BCUT2D eigenvalue weighted by atomic mass is 35.5. The van der Waals surface area contributed by atoms with Crippen LogP contribution in [0.1, 0.15) is 20.7 Å². The number of carbonyl (C=O) groups excluding carboxylic acids is 2. The molecule has 7 heteroatoms. The van der Waals surface area contributed by atoms with Crippen LogP contribution in [0.15, 0.2) is 36.4 Å². The van der Waals surface area contributed by atoms with Gasteiger partial charge in [-0.2, -0.15) is 0 Å². The second-order valence-electron chi connectivity index (χ2n) is 4.98. The van der Waals surface area contributed by atoms with E-state index in [9.17, 15) is 19.1 Å². The number of carbonyl (C=O) groups is 2. The van der Waals surface area contributed by atoms with Crippen molar-refractivity contribution in [3.8, 4) is 5.75 Å². The molecule has 23 heavy (non-hydrogen) atoms. The Kier molecular flexibility index (Phi) is 4.86. The summed E-state index contributed by atoms with van der Waals surface area (Å²) in [5, 5.41) is 12.3. The van der Waals surface area contributed by atoms with Crippen LogP contribution in [0, 0.1) is 5.82 Å². The SMILES string of the molecule is CN(C)C(=O)c1cc(NC(=O)c2c(O)cccc2F)ccc1Cl. The number of benzene rings is 2. The number of rotatable bonds is 3. The Morgan fingerprint density at radius 3 is 2.52 bits per heavy atom. The average molecular weight is 337 g/mol. The summed E-state index contributed by atoms with van der Waals surface area (Å²) in [5.74, 6) is -2.48. The van der Waals surface area contributed by atoms with Gasteiger partial charge in [0.1, 0.15) is 17.1 Å². The van der Waals surface area contributed by atoms with E-state index >= 15 is 0 Å². The maximum absolute atomic E-state index is 13.7. The van der Waals surface area contributed by atoms with Gasteiger partial charge in [-0.3, -0.25) is 9.59 Å². The minimum atomic E-state index is -0.846. The molecule has 0 unspecified atom stereocenters. The molecule has 0 fully saturated rings. The molecule has 0 radical (unpaired) electrons. The monoisotopic (exact) mass is 336 g/mol. The Morgan fingerprint density at radius 1 is 1.22 bits per heavy atom. The lowest BCUT2D eigenvalue weighted by atomic mass is 10.1. The van der Waals surface area contributed by atoms with E-state index in [2.05, 4.69) is 5.32 Å². The number of phenolic OH excluding ortho intramolecular Hbond substituents is 1. The number of hydrogen-bond acceptors (Lipinski definition) is 3.